The maximum atomic E-state index is 12.3. The summed E-state index contributed by atoms with van der Waals surface area (Å²) >= 11 is 0.885. The predicted octanol–water partition coefficient (Wildman–Crippen LogP) is 2.01. The van der Waals surface area contributed by atoms with Crippen LogP contribution in [0.2, 0.25) is 0 Å². The SMILES string of the molecule is COC(OC)c1ccccc1S[C@H](C[N+](=O)[O-])[C@@H](OC(C)=O)[C@@H](OC(C)=O)[C@H](OC(C)=O)[C@@H](COC(C)=O)OC(C)=O. The van der Waals surface area contributed by atoms with E-state index in [9.17, 15) is 34.1 Å². The second kappa shape index (κ2) is 17.9. The van der Waals surface area contributed by atoms with Gasteiger partial charge in [0.25, 0.3) is 0 Å². The van der Waals surface area contributed by atoms with Crippen LogP contribution in [0.15, 0.2) is 29.2 Å². The first-order valence-corrected chi connectivity index (χ1v) is 13.3. The molecular weight excluding hydrogens is 582 g/mol. The zero-order valence-corrected chi connectivity index (χ0v) is 25.1. The van der Waals surface area contributed by atoms with Crippen molar-refractivity contribution in [1.29, 1.82) is 0 Å². The summed E-state index contributed by atoms with van der Waals surface area (Å²) in [5, 5.41) is 10.6. The lowest BCUT2D eigenvalue weighted by atomic mass is 9.99. The summed E-state index contributed by atoms with van der Waals surface area (Å²) in [7, 11) is 2.79. The summed E-state index contributed by atoms with van der Waals surface area (Å²) in [5.74, 6) is -4.47. The Balaban J connectivity index is 3.86. The molecule has 0 amide bonds. The third kappa shape index (κ3) is 12.4. The lowest BCUT2D eigenvalue weighted by molar-refractivity contribution is -0.481. The van der Waals surface area contributed by atoms with E-state index in [2.05, 4.69) is 0 Å². The number of benzene rings is 1. The van der Waals surface area contributed by atoms with Crippen molar-refractivity contribution in [1.82, 2.24) is 0 Å². The van der Waals surface area contributed by atoms with E-state index < -0.39 is 83.9 Å². The molecule has 5 atom stereocenters. The molecular formula is C26H35NO14S. The van der Waals surface area contributed by atoms with Crippen molar-refractivity contribution >= 4 is 41.6 Å². The normalized spacial score (nSPS) is 14.5. The Morgan fingerprint density at radius 2 is 1.26 bits per heavy atom. The van der Waals surface area contributed by atoms with Crippen LogP contribution in [0.5, 0.6) is 0 Å². The van der Waals surface area contributed by atoms with Crippen molar-refractivity contribution < 1.29 is 62.1 Å². The van der Waals surface area contributed by atoms with Gasteiger partial charge >= 0.3 is 29.8 Å². The Hall–Kier alpha value is -3.76. The van der Waals surface area contributed by atoms with Gasteiger partial charge in [-0.2, -0.15) is 0 Å². The minimum absolute atomic E-state index is 0.428. The average Bonchev–Trinajstić information content (AvgIpc) is 2.87. The number of esters is 5. The van der Waals surface area contributed by atoms with Crippen LogP contribution >= 0.6 is 11.8 Å². The number of hydrogen-bond acceptors (Lipinski definition) is 15. The number of carbonyl (C=O) groups excluding carboxylic acids is 5. The average molecular weight is 618 g/mol. The molecule has 0 fully saturated rings. The van der Waals surface area contributed by atoms with E-state index in [0.717, 1.165) is 46.4 Å². The molecule has 16 heteroatoms. The van der Waals surface area contributed by atoms with E-state index in [1.54, 1.807) is 24.3 Å². The summed E-state index contributed by atoms with van der Waals surface area (Å²) in [6, 6.07) is 6.62. The fourth-order valence-electron chi connectivity index (χ4n) is 3.86. The standard InChI is InChI=1S/C26H35NO14S/c1-14(28)37-13-20(38-15(2)29)23(39-16(3)30)25(41-18(5)32)24(40-17(4)31)22(12-27(33)34)42-21-11-9-8-10-19(21)26(35-6)36-7/h8-11,20,22-26H,12-13H2,1-7H3/t20-,22-,23-,24-,25+/m1/s1. The summed E-state index contributed by atoms with van der Waals surface area (Å²) in [5.41, 5.74) is 0.482. The molecule has 0 saturated heterocycles. The molecule has 0 heterocycles. The number of rotatable bonds is 17. The smallest absolute Gasteiger partial charge is 0.303 e. The third-order valence-electron chi connectivity index (χ3n) is 5.26. The summed E-state index contributed by atoms with van der Waals surface area (Å²) in [6.07, 6.45) is -7.63. The number of hydrogen-bond donors (Lipinski definition) is 0. The Bertz CT molecular complexity index is 1110. The molecule has 42 heavy (non-hydrogen) atoms. The summed E-state index contributed by atoms with van der Waals surface area (Å²) < 4.78 is 37.2. The summed E-state index contributed by atoms with van der Waals surface area (Å²) in [4.78, 5) is 71.9. The van der Waals surface area contributed by atoms with E-state index in [1.807, 2.05) is 0 Å². The Morgan fingerprint density at radius 3 is 1.74 bits per heavy atom. The lowest BCUT2D eigenvalue weighted by Gasteiger charge is -2.37. The van der Waals surface area contributed by atoms with E-state index >= 15 is 0 Å². The Kier molecular flexibility index (Phi) is 15.5. The monoisotopic (exact) mass is 617 g/mol. The number of carbonyl (C=O) groups is 5. The van der Waals surface area contributed by atoms with E-state index in [-0.39, 0.29) is 0 Å². The van der Waals surface area contributed by atoms with Crippen LogP contribution in [0.3, 0.4) is 0 Å². The molecule has 234 valence electrons. The molecule has 0 aliphatic heterocycles. The number of methoxy groups -OCH3 is 2. The fourth-order valence-corrected chi connectivity index (χ4v) is 5.19. The van der Waals surface area contributed by atoms with Gasteiger partial charge in [-0.15, -0.1) is 11.8 Å². The van der Waals surface area contributed by atoms with E-state index in [4.69, 9.17) is 33.2 Å². The Labute approximate surface area is 246 Å². The van der Waals surface area contributed by atoms with Gasteiger partial charge in [-0.05, 0) is 6.07 Å². The predicted molar refractivity (Wildman–Crippen MR) is 144 cm³/mol. The van der Waals surface area contributed by atoms with Gasteiger partial charge in [0, 0.05) is 64.2 Å². The van der Waals surface area contributed by atoms with Crippen molar-refractivity contribution in [3.8, 4) is 0 Å². The van der Waals surface area contributed by atoms with Gasteiger partial charge in [0.05, 0.1) is 0 Å². The number of ether oxygens (including phenoxy) is 7. The van der Waals surface area contributed by atoms with Crippen molar-refractivity contribution in [3.63, 3.8) is 0 Å². The van der Waals surface area contributed by atoms with Crippen LogP contribution in [-0.4, -0.2) is 91.8 Å². The summed E-state index contributed by atoms with van der Waals surface area (Å²) in [6.45, 7) is 3.64. The third-order valence-corrected chi connectivity index (χ3v) is 6.61. The van der Waals surface area contributed by atoms with E-state index in [1.165, 1.54) is 14.2 Å². The van der Waals surface area contributed by atoms with Gasteiger partial charge in [-0.25, -0.2) is 0 Å². The molecule has 0 radical (unpaired) electrons. The molecule has 0 aliphatic rings. The van der Waals surface area contributed by atoms with Gasteiger partial charge in [-0.1, -0.05) is 18.2 Å². The van der Waals surface area contributed by atoms with Crippen molar-refractivity contribution in [2.45, 2.75) is 75.5 Å². The highest BCUT2D eigenvalue weighted by atomic mass is 32.2. The largest absolute Gasteiger partial charge is 0.462 e. The molecule has 1 aromatic rings. The molecule has 0 unspecified atom stereocenters. The van der Waals surface area contributed by atoms with Crippen LogP contribution in [0, 0.1) is 10.1 Å². The number of nitrogens with zero attached hydrogens (tertiary/aromatic N) is 1. The zero-order valence-electron chi connectivity index (χ0n) is 24.3. The first-order valence-electron chi connectivity index (χ1n) is 12.4. The molecule has 1 aromatic carbocycles. The van der Waals surface area contributed by atoms with Crippen molar-refractivity contribution in [3.05, 3.63) is 39.9 Å². The van der Waals surface area contributed by atoms with Gasteiger partial charge in [0.15, 0.2) is 30.7 Å². The highest BCUT2D eigenvalue weighted by Crippen LogP contribution is 2.36. The molecule has 1 rings (SSSR count). The molecule has 0 aromatic heterocycles. The highest BCUT2D eigenvalue weighted by Gasteiger charge is 2.48. The Morgan fingerprint density at radius 1 is 0.762 bits per heavy atom. The molecule has 0 bridgehead atoms. The maximum absolute atomic E-state index is 12.3. The molecule has 15 nitrogen and oxygen atoms in total. The number of nitro groups is 1. The van der Waals surface area contributed by atoms with Crippen molar-refractivity contribution in [2.75, 3.05) is 27.4 Å². The molecule has 0 spiro atoms. The topological polar surface area (TPSA) is 193 Å². The van der Waals surface area contributed by atoms with Crippen LogP contribution in [-0.2, 0) is 57.1 Å². The maximum Gasteiger partial charge on any atom is 0.303 e. The zero-order chi connectivity index (χ0) is 32.0. The van der Waals surface area contributed by atoms with Crippen LogP contribution in [0.1, 0.15) is 46.5 Å². The van der Waals surface area contributed by atoms with Gasteiger partial charge < -0.3 is 33.2 Å². The molecule has 0 aliphatic carbocycles. The van der Waals surface area contributed by atoms with Crippen LogP contribution < -0.4 is 0 Å². The number of thioether (sulfide) groups is 1. The van der Waals surface area contributed by atoms with Gasteiger partial charge in [0.2, 0.25) is 6.54 Å². The minimum atomic E-state index is -1.78. The van der Waals surface area contributed by atoms with Gasteiger partial charge in [0.1, 0.15) is 11.9 Å². The highest BCUT2D eigenvalue weighted by molar-refractivity contribution is 8.00. The van der Waals surface area contributed by atoms with Crippen LogP contribution in [0.4, 0.5) is 0 Å². The fraction of sp³-hybridized carbons (Fsp3) is 0.577. The van der Waals surface area contributed by atoms with Crippen molar-refractivity contribution in [2.24, 2.45) is 0 Å². The van der Waals surface area contributed by atoms with Crippen LogP contribution in [0.25, 0.3) is 0 Å². The molecule has 0 N–H and O–H groups in total. The first kappa shape index (κ1) is 36.3. The minimum Gasteiger partial charge on any atom is -0.462 e. The lowest BCUT2D eigenvalue weighted by Crippen LogP contribution is -2.56. The second-order valence-corrected chi connectivity index (χ2v) is 9.97. The first-order chi connectivity index (χ1) is 19.7. The second-order valence-electron chi connectivity index (χ2n) is 8.69. The molecule has 0 saturated carbocycles. The van der Waals surface area contributed by atoms with E-state index in [0.29, 0.717) is 10.5 Å². The van der Waals surface area contributed by atoms with Gasteiger partial charge in [-0.3, -0.25) is 34.1 Å². The quantitative estimate of drug-likeness (QED) is 0.0615.